The zero-order valence-corrected chi connectivity index (χ0v) is 16.8. The highest BCUT2D eigenvalue weighted by atomic mass is 16.5. The number of carbonyl (C=O) groups excluding carboxylic acids is 2. The van der Waals surface area contributed by atoms with Crippen LogP contribution in [0.25, 0.3) is 6.08 Å². The number of carbonyl (C=O) groups is 2. The Bertz CT molecular complexity index is 872. The van der Waals surface area contributed by atoms with Crippen LogP contribution in [0.2, 0.25) is 0 Å². The lowest BCUT2D eigenvalue weighted by Gasteiger charge is -2.30. The minimum Gasteiger partial charge on any atom is -0.493 e. The number of hydrogen-bond acceptors (Lipinski definition) is 4. The summed E-state index contributed by atoms with van der Waals surface area (Å²) in [5.41, 5.74) is 1.65. The van der Waals surface area contributed by atoms with Crippen LogP contribution < -0.4 is 14.8 Å². The van der Waals surface area contributed by atoms with Crippen molar-refractivity contribution in [3.05, 3.63) is 60.2 Å². The second-order valence-corrected chi connectivity index (χ2v) is 6.90. The van der Waals surface area contributed by atoms with Crippen LogP contribution in [0, 0.1) is 5.92 Å². The topological polar surface area (TPSA) is 67.9 Å². The maximum absolute atomic E-state index is 12.6. The first kappa shape index (κ1) is 20.5. The van der Waals surface area contributed by atoms with E-state index in [9.17, 15) is 9.59 Å². The largest absolute Gasteiger partial charge is 0.493 e. The summed E-state index contributed by atoms with van der Waals surface area (Å²) in [5, 5.41) is 2.94. The molecule has 2 amide bonds. The van der Waals surface area contributed by atoms with Gasteiger partial charge in [-0.15, -0.1) is 0 Å². The Hall–Kier alpha value is -3.28. The Morgan fingerprint density at radius 3 is 2.34 bits per heavy atom. The van der Waals surface area contributed by atoms with Crippen molar-refractivity contribution in [3.8, 4) is 11.5 Å². The van der Waals surface area contributed by atoms with Crippen molar-refractivity contribution in [2.75, 3.05) is 32.6 Å². The zero-order chi connectivity index (χ0) is 20.6. The van der Waals surface area contributed by atoms with Gasteiger partial charge in [-0.2, -0.15) is 0 Å². The van der Waals surface area contributed by atoms with Gasteiger partial charge in [-0.1, -0.05) is 30.3 Å². The molecule has 1 aliphatic rings. The van der Waals surface area contributed by atoms with Crippen LogP contribution in [-0.2, 0) is 9.59 Å². The molecule has 0 unspecified atom stereocenters. The molecule has 0 saturated carbocycles. The molecule has 2 aromatic carbocycles. The van der Waals surface area contributed by atoms with Crippen LogP contribution in [0.4, 0.5) is 5.69 Å². The summed E-state index contributed by atoms with van der Waals surface area (Å²) < 4.78 is 10.5. The molecule has 0 atom stereocenters. The minimum atomic E-state index is -0.120. The Labute approximate surface area is 171 Å². The fraction of sp³-hybridized carbons (Fsp3) is 0.304. The van der Waals surface area contributed by atoms with Crippen molar-refractivity contribution < 1.29 is 19.1 Å². The molecule has 0 aromatic heterocycles. The number of amides is 2. The summed E-state index contributed by atoms with van der Waals surface area (Å²) in [7, 11) is 3.13. The number of rotatable bonds is 6. The van der Waals surface area contributed by atoms with Crippen molar-refractivity contribution in [2.45, 2.75) is 12.8 Å². The molecule has 1 heterocycles. The van der Waals surface area contributed by atoms with Crippen LogP contribution in [0.15, 0.2) is 54.6 Å². The molecular formula is C23H26N2O4. The van der Waals surface area contributed by atoms with Gasteiger partial charge in [0.25, 0.3) is 0 Å². The third kappa shape index (κ3) is 5.38. The second kappa shape index (κ2) is 9.78. The van der Waals surface area contributed by atoms with E-state index < -0.39 is 0 Å². The van der Waals surface area contributed by atoms with E-state index in [1.54, 1.807) is 43.4 Å². The van der Waals surface area contributed by atoms with E-state index in [1.165, 1.54) is 0 Å². The standard InChI is InChI=1S/C23H26N2O4/c1-28-20-10-9-19(16-21(20)29-2)24-23(27)18-12-14-25(15-13-18)22(26)11-8-17-6-4-3-5-7-17/h3-11,16,18H,12-15H2,1-2H3,(H,24,27)/b11-8+. The highest BCUT2D eigenvalue weighted by Crippen LogP contribution is 2.30. The summed E-state index contributed by atoms with van der Waals surface area (Å²) in [6.45, 7) is 1.14. The molecule has 1 saturated heterocycles. The number of likely N-dealkylation sites (tertiary alicyclic amines) is 1. The van der Waals surface area contributed by atoms with Crippen molar-refractivity contribution in [3.63, 3.8) is 0 Å². The number of methoxy groups -OCH3 is 2. The molecule has 1 N–H and O–H groups in total. The van der Waals surface area contributed by atoms with Crippen LogP contribution in [0.5, 0.6) is 11.5 Å². The molecule has 6 nitrogen and oxygen atoms in total. The number of piperidine rings is 1. The first-order valence-corrected chi connectivity index (χ1v) is 9.65. The predicted molar refractivity (Wildman–Crippen MR) is 113 cm³/mol. The van der Waals surface area contributed by atoms with Gasteiger partial charge in [0.05, 0.1) is 14.2 Å². The molecule has 0 radical (unpaired) electrons. The number of nitrogens with zero attached hydrogens (tertiary/aromatic N) is 1. The van der Waals surface area contributed by atoms with E-state index in [4.69, 9.17) is 9.47 Å². The summed E-state index contributed by atoms with van der Waals surface area (Å²) in [6.07, 6.45) is 4.70. The first-order valence-electron chi connectivity index (χ1n) is 9.65. The average molecular weight is 394 g/mol. The monoisotopic (exact) mass is 394 g/mol. The van der Waals surface area contributed by atoms with Gasteiger partial charge in [0, 0.05) is 36.8 Å². The van der Waals surface area contributed by atoms with Gasteiger partial charge >= 0.3 is 0 Å². The van der Waals surface area contributed by atoms with Gasteiger partial charge in [0.15, 0.2) is 11.5 Å². The average Bonchev–Trinajstić information content (AvgIpc) is 2.78. The molecular weight excluding hydrogens is 368 g/mol. The van der Waals surface area contributed by atoms with Gasteiger partial charge in [-0.3, -0.25) is 9.59 Å². The molecule has 1 fully saturated rings. The van der Waals surface area contributed by atoms with Crippen molar-refractivity contribution in [1.82, 2.24) is 4.90 Å². The Morgan fingerprint density at radius 2 is 1.69 bits per heavy atom. The van der Waals surface area contributed by atoms with E-state index in [0.29, 0.717) is 43.1 Å². The Morgan fingerprint density at radius 1 is 1.00 bits per heavy atom. The SMILES string of the molecule is COc1ccc(NC(=O)C2CCN(C(=O)/C=C/c3ccccc3)CC2)cc1OC. The smallest absolute Gasteiger partial charge is 0.246 e. The molecule has 0 spiro atoms. The second-order valence-electron chi connectivity index (χ2n) is 6.90. The van der Waals surface area contributed by atoms with E-state index in [2.05, 4.69) is 5.32 Å². The normalized spacial score (nSPS) is 14.6. The lowest BCUT2D eigenvalue weighted by atomic mass is 9.95. The van der Waals surface area contributed by atoms with E-state index >= 15 is 0 Å². The first-order chi connectivity index (χ1) is 14.1. The van der Waals surface area contributed by atoms with Crippen molar-refractivity contribution >= 4 is 23.6 Å². The summed E-state index contributed by atoms with van der Waals surface area (Å²) in [5.74, 6) is 0.999. The third-order valence-electron chi connectivity index (χ3n) is 5.05. The number of ether oxygens (including phenoxy) is 2. The molecule has 0 bridgehead atoms. The van der Waals surface area contributed by atoms with E-state index in [-0.39, 0.29) is 17.7 Å². The minimum absolute atomic E-state index is 0.0207. The highest BCUT2D eigenvalue weighted by Gasteiger charge is 2.26. The van der Waals surface area contributed by atoms with Gasteiger partial charge in [0.1, 0.15) is 0 Å². The van der Waals surface area contributed by atoms with E-state index in [0.717, 1.165) is 5.56 Å². The van der Waals surface area contributed by atoms with Gasteiger partial charge in [-0.25, -0.2) is 0 Å². The third-order valence-corrected chi connectivity index (χ3v) is 5.05. The number of benzene rings is 2. The maximum Gasteiger partial charge on any atom is 0.246 e. The van der Waals surface area contributed by atoms with Gasteiger partial charge < -0.3 is 19.7 Å². The van der Waals surface area contributed by atoms with Gasteiger partial charge in [0.2, 0.25) is 11.8 Å². The van der Waals surface area contributed by atoms with Crippen molar-refractivity contribution in [1.29, 1.82) is 0 Å². The molecule has 152 valence electrons. The quantitative estimate of drug-likeness (QED) is 0.761. The molecule has 29 heavy (non-hydrogen) atoms. The summed E-state index contributed by atoms with van der Waals surface area (Å²) >= 11 is 0. The lowest BCUT2D eigenvalue weighted by Crippen LogP contribution is -2.40. The van der Waals surface area contributed by atoms with Crippen LogP contribution >= 0.6 is 0 Å². The lowest BCUT2D eigenvalue weighted by molar-refractivity contribution is -0.130. The maximum atomic E-state index is 12.6. The van der Waals surface area contributed by atoms with Crippen LogP contribution in [0.1, 0.15) is 18.4 Å². The fourth-order valence-electron chi connectivity index (χ4n) is 3.36. The number of hydrogen-bond donors (Lipinski definition) is 1. The highest BCUT2D eigenvalue weighted by molar-refractivity contribution is 5.94. The fourth-order valence-corrected chi connectivity index (χ4v) is 3.36. The molecule has 1 aliphatic heterocycles. The Balaban J connectivity index is 1.51. The van der Waals surface area contributed by atoms with Crippen molar-refractivity contribution in [2.24, 2.45) is 5.92 Å². The number of anilines is 1. The molecule has 2 aromatic rings. The molecule has 0 aliphatic carbocycles. The number of nitrogens with one attached hydrogen (secondary N) is 1. The van der Waals surface area contributed by atoms with Crippen LogP contribution in [-0.4, -0.2) is 44.0 Å². The predicted octanol–water partition coefficient (Wildman–Crippen LogP) is 3.59. The van der Waals surface area contributed by atoms with Gasteiger partial charge in [-0.05, 0) is 36.6 Å². The van der Waals surface area contributed by atoms with Crippen LogP contribution in [0.3, 0.4) is 0 Å². The molecule has 6 heteroatoms. The zero-order valence-electron chi connectivity index (χ0n) is 16.8. The summed E-state index contributed by atoms with van der Waals surface area (Å²) in [6, 6.07) is 15.0. The van der Waals surface area contributed by atoms with E-state index in [1.807, 2.05) is 36.4 Å². The molecule has 3 rings (SSSR count). The Kier molecular flexibility index (Phi) is 6.89. The summed E-state index contributed by atoms with van der Waals surface area (Å²) in [4.78, 5) is 26.8.